The molecule has 1 amide bonds. The molecule has 1 N–H and O–H groups in total. The first-order valence-corrected chi connectivity index (χ1v) is 9.52. The minimum absolute atomic E-state index is 0.0530. The summed E-state index contributed by atoms with van der Waals surface area (Å²) in [6, 6.07) is 5.76. The van der Waals surface area contributed by atoms with Crippen molar-refractivity contribution in [2.75, 3.05) is 19.5 Å². The highest BCUT2D eigenvalue weighted by molar-refractivity contribution is 7.14. The van der Waals surface area contributed by atoms with E-state index in [0.717, 1.165) is 34.9 Å². The highest BCUT2D eigenvalue weighted by atomic mass is 32.1. The van der Waals surface area contributed by atoms with E-state index < -0.39 is 0 Å². The molecule has 4 nitrogen and oxygen atoms in total. The largest absolute Gasteiger partial charge is 0.493 e. The molecule has 5 heteroatoms. The molecule has 0 spiro atoms. The Kier molecular flexibility index (Phi) is 5.33. The fourth-order valence-corrected chi connectivity index (χ4v) is 4.46. The lowest BCUT2D eigenvalue weighted by molar-refractivity contribution is 0.103. The van der Waals surface area contributed by atoms with Crippen molar-refractivity contribution in [2.45, 2.75) is 39.5 Å². The summed E-state index contributed by atoms with van der Waals surface area (Å²) in [5.41, 5.74) is 3.05. The summed E-state index contributed by atoms with van der Waals surface area (Å²) in [6.07, 6.45) is 4.65. The minimum Gasteiger partial charge on any atom is -0.493 e. The van der Waals surface area contributed by atoms with Crippen LogP contribution in [0.5, 0.6) is 11.5 Å². The van der Waals surface area contributed by atoms with Gasteiger partial charge in [-0.05, 0) is 55.4 Å². The van der Waals surface area contributed by atoms with Gasteiger partial charge in [-0.2, -0.15) is 0 Å². The second-order valence-corrected chi connectivity index (χ2v) is 7.69. The van der Waals surface area contributed by atoms with Gasteiger partial charge in [0, 0.05) is 16.6 Å². The molecule has 1 aliphatic rings. The van der Waals surface area contributed by atoms with Crippen LogP contribution in [0.1, 0.15) is 45.4 Å². The molecule has 1 atom stereocenters. The Morgan fingerprint density at radius 1 is 1.24 bits per heavy atom. The Morgan fingerprint density at radius 3 is 2.64 bits per heavy atom. The predicted octanol–water partition coefficient (Wildman–Crippen LogP) is 4.84. The predicted molar refractivity (Wildman–Crippen MR) is 102 cm³/mol. The standard InChI is InChI=1S/C20H25NO3S/c1-5-13-6-7-18-14(9-13)10-19(25-18)20(22)21-15-11-17(24-4)16(23-3)8-12(15)2/h8,10-11,13H,5-7,9H2,1-4H3,(H,21,22). The van der Waals surface area contributed by atoms with Crippen LogP contribution in [-0.4, -0.2) is 20.1 Å². The quantitative estimate of drug-likeness (QED) is 0.831. The molecule has 0 fully saturated rings. The smallest absolute Gasteiger partial charge is 0.265 e. The van der Waals surface area contributed by atoms with Crippen molar-refractivity contribution in [3.05, 3.63) is 39.1 Å². The molecule has 0 aliphatic heterocycles. The van der Waals surface area contributed by atoms with Gasteiger partial charge in [0.2, 0.25) is 0 Å². The number of methoxy groups -OCH3 is 2. The van der Waals surface area contributed by atoms with Crippen LogP contribution in [0.3, 0.4) is 0 Å². The maximum Gasteiger partial charge on any atom is 0.265 e. The summed E-state index contributed by atoms with van der Waals surface area (Å²) in [4.78, 5) is 14.9. The average molecular weight is 359 g/mol. The van der Waals surface area contributed by atoms with Crippen LogP contribution < -0.4 is 14.8 Å². The molecule has 0 saturated heterocycles. The van der Waals surface area contributed by atoms with Crippen LogP contribution >= 0.6 is 11.3 Å². The zero-order valence-electron chi connectivity index (χ0n) is 15.3. The first-order chi connectivity index (χ1) is 12.0. The first kappa shape index (κ1) is 17.8. The van der Waals surface area contributed by atoms with Gasteiger partial charge in [0.25, 0.3) is 5.91 Å². The molecule has 25 heavy (non-hydrogen) atoms. The third-order valence-corrected chi connectivity index (χ3v) is 6.20. The van der Waals surface area contributed by atoms with Crippen molar-refractivity contribution in [1.82, 2.24) is 0 Å². The molecule has 3 rings (SSSR count). The fourth-order valence-electron chi connectivity index (χ4n) is 3.36. The van der Waals surface area contributed by atoms with Crippen LogP contribution in [-0.2, 0) is 12.8 Å². The number of rotatable bonds is 5. The average Bonchev–Trinajstić information content (AvgIpc) is 3.06. The number of hydrogen-bond acceptors (Lipinski definition) is 4. The second-order valence-electron chi connectivity index (χ2n) is 6.55. The van der Waals surface area contributed by atoms with Crippen molar-refractivity contribution >= 4 is 22.9 Å². The number of aryl methyl sites for hydroxylation is 2. The van der Waals surface area contributed by atoms with Gasteiger partial charge in [-0.3, -0.25) is 4.79 Å². The minimum atomic E-state index is -0.0530. The Morgan fingerprint density at radius 2 is 1.96 bits per heavy atom. The summed E-state index contributed by atoms with van der Waals surface area (Å²) in [5.74, 6) is 1.98. The van der Waals surface area contributed by atoms with Crippen molar-refractivity contribution in [3.63, 3.8) is 0 Å². The number of fused-ring (bicyclic) bond motifs is 1. The molecular formula is C20H25NO3S. The molecule has 1 aliphatic carbocycles. The normalized spacial score (nSPS) is 16.2. The van der Waals surface area contributed by atoms with E-state index in [1.807, 2.05) is 19.1 Å². The zero-order chi connectivity index (χ0) is 18.0. The molecule has 0 radical (unpaired) electrons. The number of amides is 1. The van der Waals surface area contributed by atoms with Crippen LogP contribution in [0.4, 0.5) is 5.69 Å². The number of hydrogen-bond donors (Lipinski definition) is 1. The van der Waals surface area contributed by atoms with E-state index in [2.05, 4.69) is 18.3 Å². The molecular weight excluding hydrogens is 334 g/mol. The Balaban J connectivity index is 1.80. The molecule has 1 unspecified atom stereocenters. The maximum absolute atomic E-state index is 12.7. The molecule has 0 bridgehead atoms. The number of carbonyl (C=O) groups excluding carboxylic acids is 1. The Hall–Kier alpha value is -2.01. The van der Waals surface area contributed by atoms with Gasteiger partial charge in [-0.15, -0.1) is 11.3 Å². The SMILES string of the molecule is CCC1CCc2sc(C(=O)Nc3cc(OC)c(OC)cc3C)cc2C1. The molecule has 1 heterocycles. The number of carbonyl (C=O) groups is 1. The van der Waals surface area contributed by atoms with E-state index in [1.165, 1.54) is 23.3 Å². The van der Waals surface area contributed by atoms with Gasteiger partial charge < -0.3 is 14.8 Å². The van der Waals surface area contributed by atoms with Crippen molar-refractivity contribution in [2.24, 2.45) is 5.92 Å². The van der Waals surface area contributed by atoms with Gasteiger partial charge in [0.1, 0.15) is 0 Å². The van der Waals surface area contributed by atoms with Gasteiger partial charge in [0.15, 0.2) is 11.5 Å². The highest BCUT2D eigenvalue weighted by Crippen LogP contribution is 2.35. The van der Waals surface area contributed by atoms with E-state index in [4.69, 9.17) is 9.47 Å². The maximum atomic E-state index is 12.7. The fraction of sp³-hybridized carbons (Fsp3) is 0.450. The number of anilines is 1. The molecule has 0 saturated carbocycles. The van der Waals surface area contributed by atoms with Crippen LogP contribution in [0, 0.1) is 12.8 Å². The van der Waals surface area contributed by atoms with Crippen LogP contribution in [0.25, 0.3) is 0 Å². The van der Waals surface area contributed by atoms with Crippen LogP contribution in [0.2, 0.25) is 0 Å². The molecule has 134 valence electrons. The lowest BCUT2D eigenvalue weighted by Gasteiger charge is -2.19. The van der Waals surface area contributed by atoms with E-state index in [9.17, 15) is 4.79 Å². The summed E-state index contributed by atoms with van der Waals surface area (Å²) >= 11 is 1.63. The third kappa shape index (κ3) is 3.66. The first-order valence-electron chi connectivity index (χ1n) is 8.71. The summed E-state index contributed by atoms with van der Waals surface area (Å²) in [5, 5.41) is 3.02. The lowest BCUT2D eigenvalue weighted by Crippen LogP contribution is -2.12. The Labute approximate surface area is 153 Å². The van der Waals surface area contributed by atoms with Crippen molar-refractivity contribution in [3.8, 4) is 11.5 Å². The molecule has 1 aromatic carbocycles. The zero-order valence-corrected chi connectivity index (χ0v) is 16.1. The number of thiophene rings is 1. The van der Waals surface area contributed by atoms with Gasteiger partial charge in [-0.1, -0.05) is 13.3 Å². The topological polar surface area (TPSA) is 47.6 Å². The molecule has 2 aromatic rings. The van der Waals surface area contributed by atoms with E-state index in [-0.39, 0.29) is 5.91 Å². The number of nitrogens with one attached hydrogen (secondary N) is 1. The van der Waals surface area contributed by atoms with E-state index in [1.54, 1.807) is 25.6 Å². The lowest BCUT2D eigenvalue weighted by atomic mass is 9.87. The van der Waals surface area contributed by atoms with E-state index in [0.29, 0.717) is 11.5 Å². The summed E-state index contributed by atoms with van der Waals surface area (Å²) < 4.78 is 10.6. The van der Waals surface area contributed by atoms with E-state index >= 15 is 0 Å². The van der Waals surface area contributed by atoms with Gasteiger partial charge >= 0.3 is 0 Å². The highest BCUT2D eigenvalue weighted by Gasteiger charge is 2.22. The summed E-state index contributed by atoms with van der Waals surface area (Å²) in [7, 11) is 3.20. The van der Waals surface area contributed by atoms with Crippen molar-refractivity contribution < 1.29 is 14.3 Å². The molecule has 1 aromatic heterocycles. The van der Waals surface area contributed by atoms with Gasteiger partial charge in [0.05, 0.1) is 19.1 Å². The summed E-state index contributed by atoms with van der Waals surface area (Å²) in [6.45, 7) is 4.19. The van der Waals surface area contributed by atoms with Gasteiger partial charge in [-0.25, -0.2) is 0 Å². The Bertz CT molecular complexity index is 781. The monoisotopic (exact) mass is 359 g/mol. The second kappa shape index (κ2) is 7.48. The van der Waals surface area contributed by atoms with Crippen LogP contribution in [0.15, 0.2) is 18.2 Å². The third-order valence-electron chi connectivity index (χ3n) is 4.96. The number of ether oxygens (including phenoxy) is 2. The number of benzene rings is 1. The van der Waals surface area contributed by atoms with Crippen molar-refractivity contribution in [1.29, 1.82) is 0 Å².